The number of carbonyl (C=O) groups is 1. The van der Waals surface area contributed by atoms with Crippen LogP contribution in [0.3, 0.4) is 0 Å². The maximum Gasteiger partial charge on any atom is 0.236 e. The van der Waals surface area contributed by atoms with Gasteiger partial charge in [0, 0.05) is 7.05 Å². The molecule has 152 valence electrons. The monoisotopic (exact) mass is 415 g/mol. The maximum absolute atomic E-state index is 12.8. The van der Waals surface area contributed by atoms with E-state index >= 15 is 0 Å². The van der Waals surface area contributed by atoms with Crippen molar-refractivity contribution >= 4 is 27.5 Å². The van der Waals surface area contributed by atoms with E-state index in [4.69, 9.17) is 0 Å². The third kappa shape index (κ3) is 4.75. The standard InChI is InChI=1S/C25H25N3OS/c1-18-12-14-20(15-13-18)25(19-8-4-3-5-9-19)26-16-24(29)28(2)17-23-27-21-10-6-7-11-22(21)30-23/h3-15,25-26H,16-17H2,1-2H3/t25-/m0/s1. The highest BCUT2D eigenvalue weighted by molar-refractivity contribution is 7.18. The van der Waals surface area contributed by atoms with Crippen molar-refractivity contribution in [1.82, 2.24) is 15.2 Å². The first-order valence-electron chi connectivity index (χ1n) is 10.0. The van der Waals surface area contributed by atoms with Crippen molar-refractivity contribution in [3.63, 3.8) is 0 Å². The lowest BCUT2D eigenvalue weighted by atomic mass is 9.98. The third-order valence-corrected chi connectivity index (χ3v) is 6.16. The zero-order chi connectivity index (χ0) is 20.9. The summed E-state index contributed by atoms with van der Waals surface area (Å²) in [6, 6.07) is 26.7. The second kappa shape index (κ2) is 9.20. The number of aromatic nitrogens is 1. The summed E-state index contributed by atoms with van der Waals surface area (Å²) in [6.07, 6.45) is 0. The first-order chi connectivity index (χ1) is 14.6. The van der Waals surface area contributed by atoms with Crippen LogP contribution >= 0.6 is 11.3 Å². The average Bonchev–Trinajstić information content (AvgIpc) is 3.18. The fourth-order valence-electron chi connectivity index (χ4n) is 3.44. The summed E-state index contributed by atoms with van der Waals surface area (Å²) in [4.78, 5) is 19.2. The molecule has 0 saturated heterocycles. The number of hydrogen-bond donors (Lipinski definition) is 1. The predicted molar refractivity (Wildman–Crippen MR) is 124 cm³/mol. The lowest BCUT2D eigenvalue weighted by molar-refractivity contribution is -0.129. The summed E-state index contributed by atoms with van der Waals surface area (Å²) >= 11 is 1.64. The SMILES string of the molecule is Cc1ccc([C@@H](NCC(=O)N(C)Cc2nc3ccccc3s2)c2ccccc2)cc1. The van der Waals surface area contributed by atoms with E-state index in [2.05, 4.69) is 59.7 Å². The largest absolute Gasteiger partial charge is 0.338 e. The molecular weight excluding hydrogens is 390 g/mol. The fourth-order valence-corrected chi connectivity index (χ4v) is 4.46. The van der Waals surface area contributed by atoms with Crippen LogP contribution in [0.25, 0.3) is 10.2 Å². The molecule has 1 atom stereocenters. The van der Waals surface area contributed by atoms with Gasteiger partial charge in [0.05, 0.1) is 29.3 Å². The van der Waals surface area contributed by atoms with Gasteiger partial charge in [-0.15, -0.1) is 11.3 Å². The van der Waals surface area contributed by atoms with Crippen LogP contribution in [0.5, 0.6) is 0 Å². The van der Waals surface area contributed by atoms with Gasteiger partial charge in [0.2, 0.25) is 5.91 Å². The molecule has 3 aromatic carbocycles. The van der Waals surface area contributed by atoms with Gasteiger partial charge in [-0.05, 0) is 30.2 Å². The first-order valence-corrected chi connectivity index (χ1v) is 10.8. The topological polar surface area (TPSA) is 45.2 Å². The quantitative estimate of drug-likeness (QED) is 0.465. The average molecular weight is 416 g/mol. The summed E-state index contributed by atoms with van der Waals surface area (Å²) in [5.41, 5.74) is 4.49. The van der Waals surface area contributed by atoms with Gasteiger partial charge in [0.25, 0.3) is 0 Å². The summed E-state index contributed by atoms with van der Waals surface area (Å²) in [6.45, 7) is 2.85. The summed E-state index contributed by atoms with van der Waals surface area (Å²) in [5.74, 6) is 0.0438. The minimum atomic E-state index is -0.0356. The van der Waals surface area contributed by atoms with Crippen molar-refractivity contribution in [1.29, 1.82) is 0 Å². The van der Waals surface area contributed by atoms with Gasteiger partial charge in [-0.3, -0.25) is 10.1 Å². The molecule has 4 nitrogen and oxygen atoms in total. The van der Waals surface area contributed by atoms with Crippen LogP contribution in [0.15, 0.2) is 78.9 Å². The Labute approximate surface area is 181 Å². The van der Waals surface area contributed by atoms with E-state index < -0.39 is 0 Å². The molecule has 4 aromatic rings. The fraction of sp³-hybridized carbons (Fsp3) is 0.200. The van der Waals surface area contributed by atoms with E-state index in [0.717, 1.165) is 26.4 Å². The van der Waals surface area contributed by atoms with Gasteiger partial charge < -0.3 is 4.90 Å². The molecule has 0 bridgehead atoms. The predicted octanol–water partition coefficient (Wildman–Crippen LogP) is 4.94. The lowest BCUT2D eigenvalue weighted by Gasteiger charge is -2.22. The zero-order valence-electron chi connectivity index (χ0n) is 17.2. The Kier molecular flexibility index (Phi) is 6.21. The Morgan fingerprint density at radius 1 is 0.967 bits per heavy atom. The molecule has 5 heteroatoms. The molecule has 0 fully saturated rings. The number of likely N-dealkylation sites (N-methyl/N-ethyl adjacent to an activating group) is 1. The highest BCUT2D eigenvalue weighted by Gasteiger charge is 2.17. The van der Waals surface area contributed by atoms with Crippen LogP contribution in [0.1, 0.15) is 27.7 Å². The number of aryl methyl sites for hydroxylation is 1. The molecule has 0 unspecified atom stereocenters. The van der Waals surface area contributed by atoms with Gasteiger partial charge in [0.15, 0.2) is 0 Å². The number of fused-ring (bicyclic) bond motifs is 1. The van der Waals surface area contributed by atoms with Gasteiger partial charge in [-0.2, -0.15) is 0 Å². The number of thiazole rings is 1. The summed E-state index contributed by atoms with van der Waals surface area (Å²) < 4.78 is 1.15. The molecule has 1 aromatic heterocycles. The Morgan fingerprint density at radius 2 is 1.63 bits per heavy atom. The van der Waals surface area contributed by atoms with Crippen LogP contribution in [0, 0.1) is 6.92 Å². The second-order valence-corrected chi connectivity index (χ2v) is 8.58. The molecule has 1 N–H and O–H groups in total. The van der Waals surface area contributed by atoms with E-state index in [1.54, 1.807) is 16.2 Å². The molecule has 1 amide bonds. The minimum absolute atomic E-state index is 0.0356. The lowest BCUT2D eigenvalue weighted by Crippen LogP contribution is -2.37. The Hall–Kier alpha value is -3.02. The number of carbonyl (C=O) groups excluding carboxylic acids is 1. The maximum atomic E-state index is 12.8. The summed E-state index contributed by atoms with van der Waals surface area (Å²) in [7, 11) is 1.83. The van der Waals surface area contributed by atoms with Gasteiger partial charge in [-0.1, -0.05) is 72.3 Å². The van der Waals surface area contributed by atoms with Crippen molar-refractivity contribution in [2.75, 3.05) is 13.6 Å². The number of hydrogen-bond acceptors (Lipinski definition) is 4. The smallest absolute Gasteiger partial charge is 0.236 e. The molecule has 0 aliphatic heterocycles. The van der Waals surface area contributed by atoms with Crippen LogP contribution < -0.4 is 5.32 Å². The van der Waals surface area contributed by atoms with E-state index in [1.807, 2.05) is 43.4 Å². The molecule has 4 rings (SSSR count). The third-order valence-electron chi connectivity index (χ3n) is 5.14. The van der Waals surface area contributed by atoms with Crippen LogP contribution in [0.2, 0.25) is 0 Å². The van der Waals surface area contributed by atoms with Crippen molar-refractivity contribution in [3.8, 4) is 0 Å². The number of rotatable bonds is 7. The van der Waals surface area contributed by atoms with Crippen LogP contribution in [-0.4, -0.2) is 29.4 Å². The van der Waals surface area contributed by atoms with E-state index in [1.165, 1.54) is 5.56 Å². The molecule has 0 aliphatic carbocycles. The number of nitrogens with zero attached hydrogens (tertiary/aromatic N) is 2. The zero-order valence-corrected chi connectivity index (χ0v) is 18.0. The summed E-state index contributed by atoms with van der Waals surface area (Å²) in [5, 5.41) is 4.41. The molecule has 0 saturated carbocycles. The normalized spacial score (nSPS) is 12.1. The first kappa shape index (κ1) is 20.3. The molecular formula is C25H25N3OS. The Balaban J connectivity index is 1.44. The van der Waals surface area contributed by atoms with Crippen molar-refractivity contribution in [2.24, 2.45) is 0 Å². The van der Waals surface area contributed by atoms with Crippen molar-refractivity contribution in [3.05, 3.63) is 101 Å². The Bertz CT molecular complexity index is 1090. The van der Waals surface area contributed by atoms with Gasteiger partial charge >= 0.3 is 0 Å². The van der Waals surface area contributed by atoms with E-state index in [0.29, 0.717) is 6.54 Å². The van der Waals surface area contributed by atoms with Crippen LogP contribution in [-0.2, 0) is 11.3 Å². The highest BCUT2D eigenvalue weighted by atomic mass is 32.1. The second-order valence-electron chi connectivity index (χ2n) is 7.46. The van der Waals surface area contributed by atoms with Crippen molar-refractivity contribution in [2.45, 2.75) is 19.5 Å². The molecule has 1 heterocycles. The number of amides is 1. The van der Waals surface area contributed by atoms with Crippen molar-refractivity contribution < 1.29 is 4.79 Å². The van der Waals surface area contributed by atoms with E-state index in [9.17, 15) is 4.79 Å². The molecule has 0 aliphatic rings. The molecule has 0 spiro atoms. The number of nitrogens with one attached hydrogen (secondary N) is 1. The highest BCUT2D eigenvalue weighted by Crippen LogP contribution is 2.24. The van der Waals surface area contributed by atoms with Gasteiger partial charge in [0.1, 0.15) is 5.01 Å². The van der Waals surface area contributed by atoms with Gasteiger partial charge in [-0.25, -0.2) is 4.98 Å². The molecule has 0 radical (unpaired) electrons. The molecule has 30 heavy (non-hydrogen) atoms. The minimum Gasteiger partial charge on any atom is -0.338 e. The number of benzene rings is 3. The number of para-hydroxylation sites is 1. The Morgan fingerprint density at radius 3 is 2.37 bits per heavy atom. The van der Waals surface area contributed by atoms with Crippen LogP contribution in [0.4, 0.5) is 0 Å². The van der Waals surface area contributed by atoms with E-state index in [-0.39, 0.29) is 18.5 Å².